The van der Waals surface area contributed by atoms with Gasteiger partial charge in [0, 0.05) is 18.9 Å². The Balaban J connectivity index is 1.67. The summed E-state index contributed by atoms with van der Waals surface area (Å²) in [7, 11) is 0. The number of piperidine rings is 1. The Labute approximate surface area is 167 Å². The number of amides is 1. The number of thiazole rings is 1. The molecule has 1 aliphatic rings. The molecule has 1 unspecified atom stereocenters. The van der Waals surface area contributed by atoms with Crippen molar-refractivity contribution in [3.8, 4) is 10.8 Å². The largest absolute Gasteiger partial charge is 0.331 e. The van der Waals surface area contributed by atoms with E-state index in [0.29, 0.717) is 28.7 Å². The molecule has 1 amide bonds. The number of carbonyl (C=O) groups is 1. The van der Waals surface area contributed by atoms with Gasteiger partial charge in [0.15, 0.2) is 10.8 Å². The molecule has 0 aliphatic carbocycles. The molecule has 7 heteroatoms. The number of rotatable bonds is 4. The molecule has 0 saturated carbocycles. The summed E-state index contributed by atoms with van der Waals surface area (Å²) in [5.41, 5.74) is 1.75. The average molecular weight is 396 g/mol. The first-order chi connectivity index (χ1) is 13.7. The van der Waals surface area contributed by atoms with E-state index < -0.39 is 0 Å². The molecule has 5 nitrogen and oxygen atoms in total. The van der Waals surface area contributed by atoms with E-state index in [1.165, 1.54) is 23.5 Å². The fourth-order valence-corrected chi connectivity index (χ4v) is 4.66. The lowest BCUT2D eigenvalue weighted by Gasteiger charge is -2.36. The molecular formula is C21H21FN4OS. The number of benzene rings is 1. The van der Waals surface area contributed by atoms with Gasteiger partial charge in [-0.25, -0.2) is 19.3 Å². The minimum atomic E-state index is -0.263. The van der Waals surface area contributed by atoms with Gasteiger partial charge in [-0.05, 0) is 49.4 Å². The van der Waals surface area contributed by atoms with Gasteiger partial charge in [-0.15, -0.1) is 11.3 Å². The Morgan fingerprint density at radius 3 is 2.68 bits per heavy atom. The molecule has 4 rings (SSSR count). The third kappa shape index (κ3) is 3.67. The van der Waals surface area contributed by atoms with Gasteiger partial charge in [0.25, 0.3) is 5.91 Å². The van der Waals surface area contributed by atoms with Crippen LogP contribution in [-0.4, -0.2) is 32.3 Å². The highest BCUT2D eigenvalue weighted by Crippen LogP contribution is 2.35. The van der Waals surface area contributed by atoms with Crippen molar-refractivity contribution in [3.63, 3.8) is 0 Å². The summed E-state index contributed by atoms with van der Waals surface area (Å²) < 4.78 is 13.3. The predicted octanol–water partition coefficient (Wildman–Crippen LogP) is 4.67. The lowest BCUT2D eigenvalue weighted by Crippen LogP contribution is -2.38. The van der Waals surface area contributed by atoms with Crippen LogP contribution in [0.15, 0.2) is 42.7 Å². The molecular weight excluding hydrogens is 375 g/mol. The lowest BCUT2D eigenvalue weighted by molar-refractivity contribution is 0.0615. The highest BCUT2D eigenvalue weighted by Gasteiger charge is 2.31. The molecule has 1 saturated heterocycles. The van der Waals surface area contributed by atoms with E-state index >= 15 is 0 Å². The van der Waals surface area contributed by atoms with Crippen LogP contribution in [0.25, 0.3) is 10.8 Å². The van der Waals surface area contributed by atoms with Crippen molar-refractivity contribution >= 4 is 17.2 Å². The molecule has 0 radical (unpaired) electrons. The normalized spacial score (nSPS) is 16.9. The quantitative estimate of drug-likeness (QED) is 0.643. The number of hydrogen-bond acceptors (Lipinski definition) is 5. The van der Waals surface area contributed by atoms with Gasteiger partial charge >= 0.3 is 0 Å². The van der Waals surface area contributed by atoms with Gasteiger partial charge in [0.05, 0.1) is 11.7 Å². The van der Waals surface area contributed by atoms with E-state index in [2.05, 4.69) is 15.0 Å². The summed E-state index contributed by atoms with van der Waals surface area (Å²) in [6.07, 6.45) is 6.92. The summed E-state index contributed by atoms with van der Waals surface area (Å²) in [6, 6.07) is 8.20. The van der Waals surface area contributed by atoms with Gasteiger partial charge in [-0.1, -0.05) is 19.1 Å². The van der Waals surface area contributed by atoms with Crippen LogP contribution in [0, 0.1) is 5.82 Å². The van der Waals surface area contributed by atoms with Crippen LogP contribution < -0.4 is 0 Å². The minimum Gasteiger partial charge on any atom is -0.331 e. The van der Waals surface area contributed by atoms with Gasteiger partial charge < -0.3 is 4.90 Å². The van der Waals surface area contributed by atoms with Crippen molar-refractivity contribution in [3.05, 3.63) is 64.7 Å². The topological polar surface area (TPSA) is 59.0 Å². The van der Waals surface area contributed by atoms with Crippen LogP contribution in [0.1, 0.15) is 53.2 Å². The van der Waals surface area contributed by atoms with E-state index in [4.69, 9.17) is 0 Å². The minimum absolute atomic E-state index is 0.00874. The van der Waals surface area contributed by atoms with Crippen molar-refractivity contribution in [2.75, 3.05) is 6.54 Å². The molecule has 1 aromatic carbocycles. The van der Waals surface area contributed by atoms with Crippen molar-refractivity contribution in [2.45, 2.75) is 38.6 Å². The van der Waals surface area contributed by atoms with Gasteiger partial charge in [0.2, 0.25) is 0 Å². The molecule has 0 bridgehead atoms. The number of aromatic nitrogens is 3. The SMILES string of the molecule is CCc1nc(-c2ncccn2)sc1C(=O)N1CCCCC1c1ccc(F)cc1. The van der Waals surface area contributed by atoms with Gasteiger partial charge in [-0.3, -0.25) is 4.79 Å². The van der Waals surface area contributed by atoms with Gasteiger partial charge in [-0.2, -0.15) is 0 Å². The smallest absolute Gasteiger partial charge is 0.266 e. The fraction of sp³-hybridized carbons (Fsp3) is 0.333. The fourth-order valence-electron chi connectivity index (χ4n) is 3.60. The molecule has 2 aromatic heterocycles. The van der Waals surface area contributed by atoms with Crippen molar-refractivity contribution in [1.82, 2.24) is 19.9 Å². The molecule has 0 spiro atoms. The van der Waals surface area contributed by atoms with Crippen LogP contribution in [0.3, 0.4) is 0 Å². The van der Waals surface area contributed by atoms with Crippen LogP contribution >= 0.6 is 11.3 Å². The summed E-state index contributed by atoms with van der Waals surface area (Å²) >= 11 is 1.35. The molecule has 0 N–H and O–H groups in total. The summed E-state index contributed by atoms with van der Waals surface area (Å²) in [5, 5.41) is 0.663. The van der Waals surface area contributed by atoms with Crippen LogP contribution in [0.2, 0.25) is 0 Å². The number of aryl methyl sites for hydroxylation is 1. The van der Waals surface area contributed by atoms with Gasteiger partial charge in [0.1, 0.15) is 10.7 Å². The maximum absolute atomic E-state index is 13.5. The maximum atomic E-state index is 13.5. The second-order valence-corrected chi connectivity index (χ2v) is 7.78. The van der Waals surface area contributed by atoms with Crippen LogP contribution in [0.4, 0.5) is 4.39 Å². The highest BCUT2D eigenvalue weighted by molar-refractivity contribution is 7.17. The van der Waals surface area contributed by atoms with Crippen molar-refractivity contribution < 1.29 is 9.18 Å². The first-order valence-electron chi connectivity index (χ1n) is 9.51. The number of likely N-dealkylation sites (tertiary alicyclic amines) is 1. The number of hydrogen-bond donors (Lipinski definition) is 0. The predicted molar refractivity (Wildman–Crippen MR) is 107 cm³/mol. The molecule has 28 heavy (non-hydrogen) atoms. The van der Waals surface area contributed by atoms with E-state index in [9.17, 15) is 9.18 Å². The molecule has 1 fully saturated rings. The average Bonchev–Trinajstić information content (AvgIpc) is 3.19. The molecule has 3 aromatic rings. The number of halogens is 1. The zero-order valence-corrected chi connectivity index (χ0v) is 16.5. The van der Waals surface area contributed by atoms with Crippen molar-refractivity contribution in [1.29, 1.82) is 0 Å². The number of carbonyl (C=O) groups excluding carboxylic acids is 1. The Morgan fingerprint density at radius 2 is 1.96 bits per heavy atom. The van der Waals surface area contributed by atoms with Crippen molar-refractivity contribution in [2.24, 2.45) is 0 Å². The molecule has 1 aliphatic heterocycles. The van der Waals surface area contributed by atoms with E-state index in [1.54, 1.807) is 30.6 Å². The maximum Gasteiger partial charge on any atom is 0.266 e. The monoisotopic (exact) mass is 396 g/mol. The Kier molecular flexibility index (Phi) is 5.43. The molecule has 3 heterocycles. The molecule has 144 valence electrons. The van der Waals surface area contributed by atoms with Crippen LogP contribution in [0.5, 0.6) is 0 Å². The van der Waals surface area contributed by atoms with E-state index in [1.807, 2.05) is 11.8 Å². The zero-order chi connectivity index (χ0) is 19.5. The highest BCUT2D eigenvalue weighted by atomic mass is 32.1. The van der Waals surface area contributed by atoms with Crippen LogP contribution in [-0.2, 0) is 6.42 Å². The first-order valence-corrected chi connectivity index (χ1v) is 10.3. The Morgan fingerprint density at radius 1 is 1.21 bits per heavy atom. The first kappa shape index (κ1) is 18.7. The summed E-state index contributed by atoms with van der Waals surface area (Å²) in [6.45, 7) is 2.69. The zero-order valence-electron chi connectivity index (χ0n) is 15.6. The summed E-state index contributed by atoms with van der Waals surface area (Å²) in [5.74, 6) is 0.265. The second-order valence-electron chi connectivity index (χ2n) is 6.78. The Hall–Kier alpha value is -2.67. The molecule has 1 atom stereocenters. The van der Waals surface area contributed by atoms with E-state index in [0.717, 1.165) is 30.5 Å². The lowest BCUT2D eigenvalue weighted by atomic mass is 9.95. The third-order valence-electron chi connectivity index (χ3n) is 5.00. The summed E-state index contributed by atoms with van der Waals surface area (Å²) in [4.78, 5) is 29.2. The third-order valence-corrected chi connectivity index (χ3v) is 6.08. The number of nitrogens with zero attached hydrogens (tertiary/aromatic N) is 4. The van der Waals surface area contributed by atoms with E-state index in [-0.39, 0.29) is 17.8 Å². The second kappa shape index (κ2) is 8.14. The Bertz CT molecular complexity index is 958. The standard InChI is InChI=1S/C21H21FN4OS/c1-2-16-18(28-20(25-16)19-23-11-5-12-24-19)21(27)26-13-4-3-6-17(26)14-7-9-15(22)10-8-14/h5,7-12,17H,2-4,6,13H2,1H3.